The van der Waals surface area contributed by atoms with Gasteiger partial charge < -0.3 is 20.1 Å². The fourth-order valence-electron chi connectivity index (χ4n) is 5.64. The van der Waals surface area contributed by atoms with Crippen LogP contribution in [0.4, 0.5) is 18.9 Å². The van der Waals surface area contributed by atoms with Gasteiger partial charge in [-0.1, -0.05) is 32.0 Å². The number of carbonyl (C=O) groups excluding carboxylic acids is 3. The molecule has 2 N–H and O–H groups in total. The van der Waals surface area contributed by atoms with Gasteiger partial charge in [0.05, 0.1) is 28.1 Å². The van der Waals surface area contributed by atoms with Gasteiger partial charge in [0.1, 0.15) is 12.1 Å². The van der Waals surface area contributed by atoms with E-state index in [9.17, 15) is 32.8 Å². The van der Waals surface area contributed by atoms with E-state index in [1.807, 2.05) is 19.9 Å². The second kappa shape index (κ2) is 9.66. The van der Waals surface area contributed by atoms with Crippen molar-refractivity contribution in [2.45, 2.75) is 50.4 Å². The SMILES string of the molecule is CC(C)C[C@@H](C(=O)N1C[C@]2(C[C@H]1C#N)C(=O)Nc1ccccc12)N(C)C(=O)c1nc2cc(C(F)(F)F)ccc2[nH]1. The molecule has 3 aromatic rings. The Morgan fingerprint density at radius 3 is 2.65 bits per heavy atom. The smallest absolute Gasteiger partial charge is 0.334 e. The number of imidazole rings is 1. The highest BCUT2D eigenvalue weighted by atomic mass is 19.4. The van der Waals surface area contributed by atoms with E-state index in [0.29, 0.717) is 5.69 Å². The number of likely N-dealkylation sites (N-methyl/N-ethyl adjacent to an activating group) is 1. The van der Waals surface area contributed by atoms with Crippen LogP contribution in [0.5, 0.6) is 0 Å². The minimum absolute atomic E-state index is 0.0195. The summed E-state index contributed by atoms with van der Waals surface area (Å²) >= 11 is 0. The number of aromatic nitrogens is 2. The Kier molecular flexibility index (Phi) is 6.56. The number of benzene rings is 2. The lowest BCUT2D eigenvalue weighted by atomic mass is 9.80. The van der Waals surface area contributed by atoms with Crippen LogP contribution in [0.15, 0.2) is 42.5 Å². The summed E-state index contributed by atoms with van der Waals surface area (Å²) in [4.78, 5) is 50.0. The van der Waals surface area contributed by atoms with Crippen molar-refractivity contribution in [2.24, 2.45) is 5.92 Å². The molecule has 0 aliphatic carbocycles. The van der Waals surface area contributed by atoms with Gasteiger partial charge in [-0.25, -0.2) is 4.98 Å². The molecule has 9 nitrogen and oxygen atoms in total. The van der Waals surface area contributed by atoms with Crippen LogP contribution in [0, 0.1) is 17.2 Å². The number of alkyl halides is 3. The maximum Gasteiger partial charge on any atom is 0.416 e. The van der Waals surface area contributed by atoms with Crippen LogP contribution in [0.1, 0.15) is 48.4 Å². The normalized spacial score (nSPS) is 21.0. The molecule has 3 heterocycles. The number of carbonyl (C=O) groups is 3. The topological polar surface area (TPSA) is 122 Å². The number of para-hydroxylation sites is 1. The zero-order valence-corrected chi connectivity index (χ0v) is 22.0. The minimum Gasteiger partial charge on any atom is -0.334 e. The first-order chi connectivity index (χ1) is 18.9. The predicted molar refractivity (Wildman–Crippen MR) is 139 cm³/mol. The van der Waals surface area contributed by atoms with Crippen molar-refractivity contribution in [3.8, 4) is 6.07 Å². The molecule has 1 fully saturated rings. The molecule has 1 saturated heterocycles. The van der Waals surface area contributed by atoms with Gasteiger partial charge in [-0.15, -0.1) is 0 Å². The number of amides is 3. The van der Waals surface area contributed by atoms with E-state index >= 15 is 0 Å². The van der Waals surface area contributed by atoms with Crippen molar-refractivity contribution in [3.63, 3.8) is 0 Å². The zero-order chi connectivity index (χ0) is 29.0. The molecule has 2 aliphatic heterocycles. The maximum atomic E-state index is 14.0. The van der Waals surface area contributed by atoms with Crippen LogP contribution in [0.2, 0.25) is 0 Å². The van der Waals surface area contributed by atoms with E-state index in [1.54, 1.807) is 18.2 Å². The predicted octanol–water partition coefficient (Wildman–Crippen LogP) is 4.08. The van der Waals surface area contributed by atoms with E-state index < -0.39 is 41.1 Å². The second-order valence-corrected chi connectivity index (χ2v) is 10.8. The van der Waals surface area contributed by atoms with E-state index in [0.717, 1.165) is 17.7 Å². The number of aromatic amines is 1. The summed E-state index contributed by atoms with van der Waals surface area (Å²) in [5.74, 6) is -1.69. The Hall–Kier alpha value is -4.40. The van der Waals surface area contributed by atoms with E-state index in [2.05, 4.69) is 21.4 Å². The Labute approximate surface area is 228 Å². The van der Waals surface area contributed by atoms with Crippen molar-refractivity contribution in [1.82, 2.24) is 19.8 Å². The van der Waals surface area contributed by atoms with Crippen molar-refractivity contribution in [1.29, 1.82) is 5.26 Å². The summed E-state index contributed by atoms with van der Waals surface area (Å²) in [5.41, 5.74) is -0.394. The molecule has 0 saturated carbocycles. The number of nitriles is 1. The summed E-state index contributed by atoms with van der Waals surface area (Å²) in [6.45, 7) is 3.74. The van der Waals surface area contributed by atoms with E-state index in [1.165, 1.54) is 22.9 Å². The number of hydrogen-bond acceptors (Lipinski definition) is 5. The summed E-state index contributed by atoms with van der Waals surface area (Å²) < 4.78 is 39.4. The lowest BCUT2D eigenvalue weighted by Gasteiger charge is -2.33. The first-order valence-electron chi connectivity index (χ1n) is 12.8. The molecule has 0 bridgehead atoms. The van der Waals surface area contributed by atoms with Crippen molar-refractivity contribution in [3.05, 3.63) is 59.4 Å². The van der Waals surface area contributed by atoms with Crippen LogP contribution in [-0.4, -0.2) is 63.2 Å². The third kappa shape index (κ3) is 4.45. The molecule has 0 unspecified atom stereocenters. The molecule has 1 aromatic heterocycles. The molecule has 2 aliphatic rings. The largest absolute Gasteiger partial charge is 0.416 e. The molecule has 40 heavy (non-hydrogen) atoms. The first-order valence-corrected chi connectivity index (χ1v) is 12.8. The minimum atomic E-state index is -4.57. The summed E-state index contributed by atoms with van der Waals surface area (Å²) in [5, 5.41) is 12.8. The van der Waals surface area contributed by atoms with Gasteiger partial charge in [0.2, 0.25) is 11.8 Å². The molecular weight excluding hydrogens is 525 g/mol. The third-order valence-corrected chi connectivity index (χ3v) is 7.70. The van der Waals surface area contributed by atoms with Gasteiger partial charge >= 0.3 is 6.18 Å². The van der Waals surface area contributed by atoms with Gasteiger partial charge in [0.25, 0.3) is 5.91 Å². The average molecular weight is 553 g/mol. The van der Waals surface area contributed by atoms with Gasteiger partial charge in [0.15, 0.2) is 5.82 Å². The highest BCUT2D eigenvalue weighted by Crippen LogP contribution is 2.46. The molecule has 12 heteroatoms. The highest BCUT2D eigenvalue weighted by molar-refractivity contribution is 6.07. The van der Waals surface area contributed by atoms with Crippen molar-refractivity contribution in [2.75, 3.05) is 18.9 Å². The molecule has 3 amide bonds. The summed E-state index contributed by atoms with van der Waals surface area (Å²) in [6, 6.07) is 10.4. The lowest BCUT2D eigenvalue weighted by molar-refractivity contribution is -0.138. The number of H-pyrrole nitrogens is 1. The number of fused-ring (bicyclic) bond motifs is 3. The molecule has 1 spiro atoms. The molecule has 2 aromatic carbocycles. The second-order valence-electron chi connectivity index (χ2n) is 10.8. The fraction of sp³-hybridized carbons (Fsp3) is 0.393. The monoisotopic (exact) mass is 552 g/mol. The molecular formula is C28H27F3N6O3. The van der Waals surface area contributed by atoms with Gasteiger partial charge in [0, 0.05) is 25.7 Å². The molecule has 208 valence electrons. The number of rotatable bonds is 5. The zero-order valence-electron chi connectivity index (χ0n) is 22.0. The Bertz CT molecular complexity index is 1560. The number of halogens is 3. The lowest BCUT2D eigenvalue weighted by Crippen LogP contribution is -2.52. The number of nitrogens with one attached hydrogen (secondary N) is 2. The standard InChI is InChI=1S/C28H27F3N6O3/c1-15(2)10-22(36(3)25(39)23-33-20-9-8-16(28(29,30)31)11-21(20)34-23)24(38)37-14-27(12-17(37)13-32)18-6-4-5-7-19(18)35-26(27)40/h4-9,11,15,17,22H,10,12,14H2,1-3H3,(H,33,34)(H,35,40)/t17-,22-,27-/m0/s1. The summed E-state index contributed by atoms with van der Waals surface area (Å²) in [6.07, 6.45) is -4.19. The average Bonchev–Trinajstić information content (AvgIpc) is 3.59. The van der Waals surface area contributed by atoms with E-state index in [4.69, 9.17) is 0 Å². The number of anilines is 1. The fourth-order valence-corrected chi connectivity index (χ4v) is 5.64. The first kappa shape index (κ1) is 27.2. The van der Waals surface area contributed by atoms with Crippen LogP contribution in [0.3, 0.4) is 0 Å². The Morgan fingerprint density at radius 1 is 1.25 bits per heavy atom. The Morgan fingerprint density at radius 2 is 1.98 bits per heavy atom. The summed E-state index contributed by atoms with van der Waals surface area (Å²) in [7, 11) is 1.42. The molecule has 5 rings (SSSR count). The van der Waals surface area contributed by atoms with E-state index in [-0.39, 0.29) is 48.1 Å². The number of hydrogen-bond donors (Lipinski definition) is 2. The van der Waals surface area contributed by atoms with Gasteiger partial charge in [-0.05, 0) is 42.2 Å². The Balaban J connectivity index is 1.45. The van der Waals surface area contributed by atoms with Crippen molar-refractivity contribution < 1.29 is 27.6 Å². The highest BCUT2D eigenvalue weighted by Gasteiger charge is 2.56. The molecule has 3 atom stereocenters. The van der Waals surface area contributed by atoms with Crippen LogP contribution >= 0.6 is 0 Å². The number of likely N-dealkylation sites (tertiary alicyclic amines) is 1. The quantitative estimate of drug-likeness (QED) is 0.494. The van der Waals surface area contributed by atoms with Crippen LogP contribution < -0.4 is 5.32 Å². The van der Waals surface area contributed by atoms with Crippen LogP contribution in [-0.2, 0) is 21.2 Å². The van der Waals surface area contributed by atoms with Crippen LogP contribution in [0.25, 0.3) is 11.0 Å². The number of nitrogens with zero attached hydrogens (tertiary/aromatic N) is 4. The third-order valence-electron chi connectivity index (χ3n) is 7.70. The van der Waals surface area contributed by atoms with Gasteiger partial charge in [-0.2, -0.15) is 18.4 Å². The molecule has 0 radical (unpaired) electrons. The van der Waals surface area contributed by atoms with Gasteiger partial charge in [-0.3, -0.25) is 14.4 Å². The van der Waals surface area contributed by atoms with Crippen molar-refractivity contribution >= 4 is 34.4 Å². The maximum absolute atomic E-state index is 14.0.